The van der Waals surface area contributed by atoms with Gasteiger partial charge in [-0.15, -0.1) is 11.3 Å². The minimum Gasteiger partial charge on any atom is -0.497 e. The topological polar surface area (TPSA) is 65.4 Å². The summed E-state index contributed by atoms with van der Waals surface area (Å²) >= 11 is 1.49. The first-order valence-corrected chi connectivity index (χ1v) is 9.81. The number of methoxy groups -OCH3 is 1. The lowest BCUT2D eigenvalue weighted by molar-refractivity contribution is 0.0951. The van der Waals surface area contributed by atoms with Crippen molar-refractivity contribution < 1.29 is 14.3 Å². The molecule has 0 unspecified atom stereocenters. The summed E-state index contributed by atoms with van der Waals surface area (Å²) in [5.41, 5.74) is 0.962. The van der Waals surface area contributed by atoms with Gasteiger partial charge in [0.1, 0.15) is 22.9 Å². The third-order valence-electron chi connectivity index (χ3n) is 4.09. The third-order valence-corrected chi connectivity index (χ3v) is 5.23. The molecule has 7 heteroatoms. The molecule has 1 N–H and O–H groups in total. The number of fused-ring (bicyclic) bond motifs is 1. The highest BCUT2D eigenvalue weighted by atomic mass is 32.1. The van der Waals surface area contributed by atoms with Crippen LogP contribution in [0.2, 0.25) is 0 Å². The number of hydrogen-bond donors (Lipinski definition) is 1. The molecule has 2 aromatic heterocycles. The Morgan fingerprint density at radius 1 is 1.26 bits per heavy atom. The van der Waals surface area contributed by atoms with Crippen LogP contribution in [0.5, 0.6) is 11.5 Å². The Labute approximate surface area is 163 Å². The smallest absolute Gasteiger partial charge is 0.261 e. The summed E-state index contributed by atoms with van der Waals surface area (Å²) in [6, 6.07) is 9.30. The summed E-state index contributed by atoms with van der Waals surface area (Å²) in [6.45, 7) is 8.00. The van der Waals surface area contributed by atoms with Gasteiger partial charge in [-0.3, -0.25) is 9.48 Å². The van der Waals surface area contributed by atoms with Crippen LogP contribution in [-0.2, 0) is 6.54 Å². The van der Waals surface area contributed by atoms with Gasteiger partial charge < -0.3 is 14.8 Å². The van der Waals surface area contributed by atoms with Crippen molar-refractivity contribution in [2.45, 2.75) is 27.3 Å². The molecular formula is C20H25N3O3S. The maximum absolute atomic E-state index is 12.4. The van der Waals surface area contributed by atoms with Crippen molar-refractivity contribution in [2.75, 3.05) is 20.3 Å². The SMILES string of the molecule is COc1ccc(OCCNC(=O)c2cc3c(C)nn(CC(C)C)c3s2)cc1. The molecule has 27 heavy (non-hydrogen) atoms. The maximum atomic E-state index is 12.4. The number of amides is 1. The van der Waals surface area contributed by atoms with Gasteiger partial charge in [0.05, 0.1) is 24.2 Å². The van der Waals surface area contributed by atoms with E-state index in [1.807, 2.05) is 41.9 Å². The first-order chi connectivity index (χ1) is 13.0. The third kappa shape index (κ3) is 4.60. The Balaban J connectivity index is 1.56. The van der Waals surface area contributed by atoms with Crippen LogP contribution in [0.1, 0.15) is 29.2 Å². The van der Waals surface area contributed by atoms with Crippen LogP contribution in [0, 0.1) is 12.8 Å². The van der Waals surface area contributed by atoms with Gasteiger partial charge in [0.15, 0.2) is 0 Å². The molecular weight excluding hydrogens is 362 g/mol. The molecule has 0 aliphatic heterocycles. The largest absolute Gasteiger partial charge is 0.497 e. The van der Waals surface area contributed by atoms with Gasteiger partial charge in [-0.05, 0) is 43.2 Å². The minimum atomic E-state index is -0.0787. The van der Waals surface area contributed by atoms with Gasteiger partial charge in [-0.1, -0.05) is 13.8 Å². The van der Waals surface area contributed by atoms with E-state index in [1.54, 1.807) is 7.11 Å². The first-order valence-electron chi connectivity index (χ1n) is 9.00. The molecule has 3 rings (SSSR count). The van der Waals surface area contributed by atoms with Crippen molar-refractivity contribution in [1.29, 1.82) is 0 Å². The van der Waals surface area contributed by atoms with Crippen LogP contribution < -0.4 is 14.8 Å². The van der Waals surface area contributed by atoms with E-state index in [2.05, 4.69) is 24.3 Å². The van der Waals surface area contributed by atoms with E-state index < -0.39 is 0 Å². The van der Waals surface area contributed by atoms with E-state index >= 15 is 0 Å². The van der Waals surface area contributed by atoms with E-state index in [4.69, 9.17) is 9.47 Å². The van der Waals surface area contributed by atoms with Crippen LogP contribution in [0.3, 0.4) is 0 Å². The van der Waals surface area contributed by atoms with Crippen molar-refractivity contribution >= 4 is 27.5 Å². The Morgan fingerprint density at radius 2 is 1.96 bits per heavy atom. The molecule has 0 fully saturated rings. The first kappa shape index (κ1) is 19.2. The molecule has 144 valence electrons. The summed E-state index contributed by atoms with van der Waals surface area (Å²) in [7, 11) is 1.63. The monoisotopic (exact) mass is 387 g/mol. The van der Waals surface area contributed by atoms with Crippen molar-refractivity contribution in [3.63, 3.8) is 0 Å². The number of aryl methyl sites for hydroxylation is 1. The van der Waals surface area contributed by atoms with Gasteiger partial charge in [0, 0.05) is 11.9 Å². The molecule has 1 amide bonds. The number of benzene rings is 1. The molecule has 0 spiro atoms. The molecule has 6 nitrogen and oxygen atoms in total. The number of thiophene rings is 1. The zero-order chi connectivity index (χ0) is 19.4. The lowest BCUT2D eigenvalue weighted by Gasteiger charge is -2.08. The van der Waals surface area contributed by atoms with Crippen LogP contribution in [0.4, 0.5) is 0 Å². The predicted octanol–water partition coefficient (Wildman–Crippen LogP) is 3.88. The lowest BCUT2D eigenvalue weighted by Crippen LogP contribution is -2.27. The second-order valence-corrected chi connectivity index (χ2v) is 7.80. The second-order valence-electron chi connectivity index (χ2n) is 6.77. The standard InChI is InChI=1S/C20H25N3O3S/c1-13(2)12-23-20-17(14(3)22-23)11-18(27-20)19(24)21-9-10-26-16-7-5-15(25-4)6-8-16/h5-8,11,13H,9-10,12H2,1-4H3,(H,21,24). The second kappa shape index (κ2) is 8.43. The molecule has 0 saturated heterocycles. The van der Waals surface area contributed by atoms with Crippen LogP contribution in [-0.4, -0.2) is 35.9 Å². The fourth-order valence-corrected chi connectivity index (χ4v) is 3.87. The number of hydrogen-bond acceptors (Lipinski definition) is 5. The Kier molecular flexibility index (Phi) is 6.01. The Bertz CT molecular complexity index is 913. The number of ether oxygens (including phenoxy) is 2. The van der Waals surface area contributed by atoms with Gasteiger partial charge >= 0.3 is 0 Å². The van der Waals surface area contributed by atoms with E-state index in [9.17, 15) is 4.79 Å². The number of nitrogens with zero attached hydrogens (tertiary/aromatic N) is 2. The predicted molar refractivity (Wildman–Crippen MR) is 108 cm³/mol. The number of aromatic nitrogens is 2. The number of rotatable bonds is 8. The van der Waals surface area contributed by atoms with Crippen LogP contribution >= 0.6 is 11.3 Å². The Morgan fingerprint density at radius 3 is 2.63 bits per heavy atom. The average Bonchev–Trinajstić information content (AvgIpc) is 3.20. The van der Waals surface area contributed by atoms with E-state index in [1.165, 1.54) is 11.3 Å². The Hall–Kier alpha value is -2.54. The molecule has 3 aromatic rings. The van der Waals surface area contributed by atoms with E-state index in [-0.39, 0.29) is 5.91 Å². The van der Waals surface area contributed by atoms with Crippen molar-refractivity contribution in [3.05, 3.63) is 40.9 Å². The summed E-state index contributed by atoms with van der Waals surface area (Å²) in [5.74, 6) is 1.95. The molecule has 2 heterocycles. The fraction of sp³-hybridized carbons (Fsp3) is 0.400. The van der Waals surface area contributed by atoms with Gasteiger partial charge in [0.2, 0.25) is 0 Å². The number of carbonyl (C=O) groups excluding carboxylic acids is 1. The molecule has 0 aliphatic carbocycles. The molecule has 0 atom stereocenters. The zero-order valence-electron chi connectivity index (χ0n) is 16.1. The summed E-state index contributed by atoms with van der Waals surface area (Å²) in [6.07, 6.45) is 0. The number of carbonyl (C=O) groups is 1. The number of nitrogens with one attached hydrogen (secondary N) is 1. The van der Waals surface area contributed by atoms with Gasteiger partial charge in [0.25, 0.3) is 5.91 Å². The normalized spacial score (nSPS) is 11.1. The lowest BCUT2D eigenvalue weighted by atomic mass is 10.2. The summed E-state index contributed by atoms with van der Waals surface area (Å²) < 4.78 is 12.8. The van der Waals surface area contributed by atoms with Crippen molar-refractivity contribution in [1.82, 2.24) is 15.1 Å². The molecule has 0 radical (unpaired) electrons. The van der Waals surface area contributed by atoms with Crippen LogP contribution in [0.15, 0.2) is 30.3 Å². The minimum absolute atomic E-state index is 0.0787. The zero-order valence-corrected chi connectivity index (χ0v) is 16.9. The van der Waals surface area contributed by atoms with Gasteiger partial charge in [-0.2, -0.15) is 5.10 Å². The highest BCUT2D eigenvalue weighted by Gasteiger charge is 2.16. The van der Waals surface area contributed by atoms with E-state index in [0.29, 0.717) is 23.9 Å². The summed E-state index contributed by atoms with van der Waals surface area (Å²) in [4.78, 5) is 14.2. The molecule has 0 bridgehead atoms. The van der Waals surface area contributed by atoms with Crippen molar-refractivity contribution in [3.8, 4) is 11.5 Å². The highest BCUT2D eigenvalue weighted by Crippen LogP contribution is 2.28. The van der Waals surface area contributed by atoms with Gasteiger partial charge in [-0.25, -0.2) is 0 Å². The van der Waals surface area contributed by atoms with E-state index in [0.717, 1.165) is 34.0 Å². The molecule has 0 saturated carbocycles. The average molecular weight is 388 g/mol. The van der Waals surface area contributed by atoms with Crippen molar-refractivity contribution in [2.24, 2.45) is 5.92 Å². The summed E-state index contributed by atoms with van der Waals surface area (Å²) in [5, 5.41) is 8.55. The molecule has 1 aromatic carbocycles. The fourth-order valence-electron chi connectivity index (χ4n) is 2.79. The highest BCUT2D eigenvalue weighted by molar-refractivity contribution is 7.20. The quantitative estimate of drug-likeness (QED) is 0.596. The molecule has 0 aliphatic rings. The maximum Gasteiger partial charge on any atom is 0.261 e. The van der Waals surface area contributed by atoms with Crippen LogP contribution in [0.25, 0.3) is 10.2 Å².